The van der Waals surface area contributed by atoms with Gasteiger partial charge in [0, 0.05) is 22.8 Å². The molecule has 0 bridgehead atoms. The van der Waals surface area contributed by atoms with Crippen LogP contribution in [0.5, 0.6) is 0 Å². The van der Waals surface area contributed by atoms with E-state index < -0.39 is 10.0 Å². The molecule has 28 heavy (non-hydrogen) atoms. The van der Waals surface area contributed by atoms with Gasteiger partial charge in [-0.25, -0.2) is 18.5 Å². The molecule has 0 amide bonds. The zero-order valence-corrected chi connectivity index (χ0v) is 17.3. The Labute approximate surface area is 169 Å². The van der Waals surface area contributed by atoms with E-state index in [1.54, 1.807) is 23.5 Å². The summed E-state index contributed by atoms with van der Waals surface area (Å²) in [6, 6.07) is 13.6. The zero-order valence-electron chi connectivity index (χ0n) is 15.7. The van der Waals surface area contributed by atoms with E-state index in [4.69, 9.17) is 10.1 Å². The second-order valence-electron chi connectivity index (χ2n) is 7.15. The summed E-state index contributed by atoms with van der Waals surface area (Å²) >= 11 is 1.58. The van der Waals surface area contributed by atoms with E-state index in [-0.39, 0.29) is 10.9 Å². The summed E-state index contributed by atoms with van der Waals surface area (Å²) in [5.74, 6) is 0. The summed E-state index contributed by atoms with van der Waals surface area (Å²) in [4.78, 5) is 7.13. The Morgan fingerprint density at radius 1 is 1.25 bits per heavy atom. The van der Waals surface area contributed by atoms with E-state index >= 15 is 0 Å². The highest BCUT2D eigenvalue weighted by molar-refractivity contribution is 7.89. The molecule has 0 saturated carbocycles. The van der Waals surface area contributed by atoms with Crippen molar-refractivity contribution in [1.29, 1.82) is 0 Å². The van der Waals surface area contributed by atoms with Crippen LogP contribution in [0, 0.1) is 6.92 Å². The molecule has 2 heterocycles. The van der Waals surface area contributed by atoms with Crippen LogP contribution in [-0.4, -0.2) is 19.4 Å². The van der Waals surface area contributed by atoms with Gasteiger partial charge >= 0.3 is 0 Å². The van der Waals surface area contributed by atoms with Crippen LogP contribution in [0.15, 0.2) is 52.7 Å². The number of thiazole rings is 1. The first-order valence-corrected chi connectivity index (χ1v) is 11.4. The zero-order chi connectivity index (χ0) is 19.9. The van der Waals surface area contributed by atoms with Gasteiger partial charge in [0.15, 0.2) is 5.13 Å². The number of benzene rings is 2. The number of primary sulfonamides is 1. The predicted octanol–water partition coefficient (Wildman–Crippen LogP) is 3.79. The molecular weight excluding hydrogens is 392 g/mol. The first kappa shape index (κ1) is 18.9. The topological polar surface area (TPSA) is 88.3 Å². The van der Waals surface area contributed by atoms with Crippen LogP contribution in [0.3, 0.4) is 0 Å². The van der Waals surface area contributed by atoms with Crippen molar-refractivity contribution in [3.63, 3.8) is 0 Å². The molecule has 4 rings (SSSR count). The largest absolute Gasteiger partial charge is 0.362 e. The van der Waals surface area contributed by atoms with E-state index in [0.29, 0.717) is 6.54 Å². The van der Waals surface area contributed by atoms with Crippen molar-refractivity contribution < 1.29 is 8.42 Å². The molecule has 3 N–H and O–H groups in total. The molecule has 1 aliphatic heterocycles. The molecule has 0 fully saturated rings. The Bertz CT molecular complexity index is 1110. The lowest BCUT2D eigenvalue weighted by atomic mass is 10.1. The number of aromatic nitrogens is 1. The highest BCUT2D eigenvalue weighted by atomic mass is 32.2. The number of rotatable bonds is 5. The molecule has 0 saturated heterocycles. The van der Waals surface area contributed by atoms with Crippen LogP contribution in [0.4, 0.5) is 16.5 Å². The van der Waals surface area contributed by atoms with Crippen LogP contribution >= 0.6 is 11.3 Å². The number of nitrogens with zero attached hydrogens (tertiary/aromatic N) is 2. The van der Waals surface area contributed by atoms with Crippen molar-refractivity contribution >= 4 is 37.9 Å². The molecule has 0 radical (unpaired) electrons. The molecule has 146 valence electrons. The Morgan fingerprint density at radius 2 is 2.00 bits per heavy atom. The minimum atomic E-state index is -3.68. The highest BCUT2D eigenvalue weighted by Gasteiger charge is 2.27. The number of hydrogen-bond donors (Lipinski definition) is 2. The standard InChI is InChI=1S/C20H22N4O2S2/c1-13-3-5-16(6-4-13)22-20-23-17(12-27-20)11-24-14(2)9-15-10-18(28(21,25)26)7-8-19(15)24/h3-8,10,12,14H,9,11H2,1-2H3,(H,22,23)(H2,21,25,26)/t14-/m0/s1. The van der Waals surface area contributed by atoms with Gasteiger partial charge in [0.05, 0.1) is 17.1 Å². The number of aryl methyl sites for hydroxylation is 1. The van der Waals surface area contributed by atoms with Crippen LogP contribution in [0.1, 0.15) is 23.7 Å². The van der Waals surface area contributed by atoms with Crippen molar-refractivity contribution in [3.05, 3.63) is 64.7 Å². The second-order valence-corrected chi connectivity index (χ2v) is 9.57. The van der Waals surface area contributed by atoms with Gasteiger partial charge in [-0.2, -0.15) is 0 Å². The molecule has 6 nitrogen and oxygen atoms in total. The summed E-state index contributed by atoms with van der Waals surface area (Å²) < 4.78 is 23.2. The molecular formula is C20H22N4O2S2. The molecule has 2 aromatic carbocycles. The van der Waals surface area contributed by atoms with Gasteiger partial charge in [-0.05, 0) is 56.2 Å². The van der Waals surface area contributed by atoms with E-state index in [1.807, 2.05) is 18.2 Å². The first-order chi connectivity index (χ1) is 13.3. The number of sulfonamides is 1. The highest BCUT2D eigenvalue weighted by Crippen LogP contribution is 2.35. The van der Waals surface area contributed by atoms with E-state index in [9.17, 15) is 8.42 Å². The van der Waals surface area contributed by atoms with Crippen LogP contribution in [0.25, 0.3) is 0 Å². The Balaban J connectivity index is 1.51. The van der Waals surface area contributed by atoms with Gasteiger partial charge in [-0.1, -0.05) is 17.7 Å². The quantitative estimate of drug-likeness (QED) is 0.663. The van der Waals surface area contributed by atoms with E-state index in [1.165, 1.54) is 5.56 Å². The lowest BCUT2D eigenvalue weighted by molar-refractivity contribution is 0.597. The van der Waals surface area contributed by atoms with Crippen LogP contribution in [-0.2, 0) is 23.0 Å². The monoisotopic (exact) mass is 414 g/mol. The van der Waals surface area contributed by atoms with Gasteiger partial charge in [-0.15, -0.1) is 11.3 Å². The minimum absolute atomic E-state index is 0.165. The third-order valence-electron chi connectivity index (χ3n) is 4.92. The van der Waals surface area contributed by atoms with Crippen molar-refractivity contribution in [2.45, 2.75) is 37.8 Å². The normalized spacial score (nSPS) is 16.2. The van der Waals surface area contributed by atoms with Crippen molar-refractivity contribution in [3.8, 4) is 0 Å². The lowest BCUT2D eigenvalue weighted by Gasteiger charge is -2.24. The summed E-state index contributed by atoms with van der Waals surface area (Å²) in [7, 11) is -3.68. The maximum absolute atomic E-state index is 11.6. The third kappa shape index (κ3) is 3.89. The Hall–Kier alpha value is -2.42. The molecule has 1 aliphatic rings. The maximum Gasteiger partial charge on any atom is 0.238 e. The maximum atomic E-state index is 11.6. The molecule has 1 aromatic heterocycles. The number of nitrogens with one attached hydrogen (secondary N) is 1. The predicted molar refractivity (Wildman–Crippen MR) is 114 cm³/mol. The van der Waals surface area contributed by atoms with Gasteiger partial charge in [0.25, 0.3) is 0 Å². The number of fused-ring (bicyclic) bond motifs is 1. The van der Waals surface area contributed by atoms with Gasteiger partial charge in [-0.3, -0.25) is 0 Å². The van der Waals surface area contributed by atoms with Crippen LogP contribution in [0.2, 0.25) is 0 Å². The fraction of sp³-hybridized carbons (Fsp3) is 0.250. The molecule has 0 unspecified atom stereocenters. The van der Waals surface area contributed by atoms with Gasteiger partial charge in [0.2, 0.25) is 10.0 Å². The summed E-state index contributed by atoms with van der Waals surface area (Å²) in [6.45, 7) is 4.87. The average Bonchev–Trinajstić information content (AvgIpc) is 3.20. The Morgan fingerprint density at radius 3 is 2.71 bits per heavy atom. The van der Waals surface area contributed by atoms with Crippen LogP contribution < -0.4 is 15.4 Å². The fourth-order valence-electron chi connectivity index (χ4n) is 3.46. The summed E-state index contributed by atoms with van der Waals surface area (Å²) in [6.07, 6.45) is 0.789. The summed E-state index contributed by atoms with van der Waals surface area (Å²) in [5.41, 5.74) is 5.27. The van der Waals surface area contributed by atoms with E-state index in [2.05, 4.69) is 41.6 Å². The second kappa shape index (κ2) is 7.20. The molecule has 0 aliphatic carbocycles. The first-order valence-electron chi connectivity index (χ1n) is 9.00. The summed E-state index contributed by atoms with van der Waals surface area (Å²) in [5, 5.41) is 11.5. The average molecular weight is 415 g/mol. The molecule has 1 atom stereocenters. The number of hydrogen-bond acceptors (Lipinski definition) is 6. The van der Waals surface area contributed by atoms with Crippen molar-refractivity contribution in [2.75, 3.05) is 10.2 Å². The SMILES string of the molecule is Cc1ccc(Nc2nc(CN3c4ccc(S(N)(=O)=O)cc4C[C@@H]3C)cs2)cc1. The minimum Gasteiger partial charge on any atom is -0.362 e. The Kier molecular flexibility index (Phi) is 4.86. The van der Waals surface area contributed by atoms with E-state index in [0.717, 1.165) is 34.2 Å². The molecule has 3 aromatic rings. The molecule has 8 heteroatoms. The van der Waals surface area contributed by atoms with Crippen molar-refractivity contribution in [1.82, 2.24) is 4.98 Å². The number of anilines is 3. The smallest absolute Gasteiger partial charge is 0.238 e. The third-order valence-corrected chi connectivity index (χ3v) is 6.64. The molecule has 0 spiro atoms. The van der Waals surface area contributed by atoms with Gasteiger partial charge < -0.3 is 10.2 Å². The van der Waals surface area contributed by atoms with Crippen molar-refractivity contribution in [2.24, 2.45) is 5.14 Å². The number of nitrogens with two attached hydrogens (primary N) is 1. The lowest BCUT2D eigenvalue weighted by Crippen LogP contribution is -2.28. The van der Waals surface area contributed by atoms with Gasteiger partial charge in [0.1, 0.15) is 0 Å². The fourth-order valence-corrected chi connectivity index (χ4v) is 4.75.